The third-order valence-corrected chi connectivity index (χ3v) is 4.85. The standard InChI is InChI=1S/C16H30N2O/c1-17-11-5-10-16(19)18-12-6-9-15(18)13-14-7-3-2-4-8-14/h14-15,17H,2-13H2,1H3. The van der Waals surface area contributed by atoms with Gasteiger partial charge in [-0.15, -0.1) is 0 Å². The average Bonchev–Trinajstić information content (AvgIpc) is 2.88. The summed E-state index contributed by atoms with van der Waals surface area (Å²) >= 11 is 0. The van der Waals surface area contributed by atoms with E-state index >= 15 is 0 Å². The highest BCUT2D eigenvalue weighted by Gasteiger charge is 2.30. The number of likely N-dealkylation sites (tertiary alicyclic amines) is 1. The van der Waals surface area contributed by atoms with Crippen molar-refractivity contribution in [1.82, 2.24) is 10.2 Å². The Morgan fingerprint density at radius 3 is 2.68 bits per heavy atom. The SMILES string of the molecule is CNCCCC(=O)N1CCCC1CC1CCCCC1. The van der Waals surface area contributed by atoms with Gasteiger partial charge in [-0.3, -0.25) is 4.79 Å². The van der Waals surface area contributed by atoms with Crippen LogP contribution in [0.2, 0.25) is 0 Å². The second kappa shape index (κ2) is 7.88. The van der Waals surface area contributed by atoms with E-state index in [0.717, 1.165) is 31.8 Å². The van der Waals surface area contributed by atoms with Gasteiger partial charge in [0, 0.05) is 19.0 Å². The number of carbonyl (C=O) groups excluding carboxylic acids is 1. The number of rotatable bonds is 6. The summed E-state index contributed by atoms with van der Waals surface area (Å²) in [6.07, 6.45) is 12.5. The Morgan fingerprint density at radius 1 is 1.16 bits per heavy atom. The molecule has 2 aliphatic rings. The normalized spacial score (nSPS) is 24.9. The van der Waals surface area contributed by atoms with Gasteiger partial charge in [-0.1, -0.05) is 32.1 Å². The van der Waals surface area contributed by atoms with E-state index in [0.29, 0.717) is 11.9 Å². The summed E-state index contributed by atoms with van der Waals surface area (Å²) in [7, 11) is 1.95. The lowest BCUT2D eigenvalue weighted by Gasteiger charge is -2.30. The Hall–Kier alpha value is -0.570. The van der Waals surface area contributed by atoms with Crippen LogP contribution in [0.25, 0.3) is 0 Å². The summed E-state index contributed by atoms with van der Waals surface area (Å²) in [5.41, 5.74) is 0. The molecule has 19 heavy (non-hydrogen) atoms. The van der Waals surface area contributed by atoms with Crippen molar-refractivity contribution in [2.45, 2.75) is 70.3 Å². The fraction of sp³-hybridized carbons (Fsp3) is 0.938. The smallest absolute Gasteiger partial charge is 0.222 e. The average molecular weight is 266 g/mol. The topological polar surface area (TPSA) is 32.3 Å². The third kappa shape index (κ3) is 4.48. The molecule has 3 heteroatoms. The summed E-state index contributed by atoms with van der Waals surface area (Å²) < 4.78 is 0. The van der Waals surface area contributed by atoms with Crippen molar-refractivity contribution in [1.29, 1.82) is 0 Å². The molecule has 0 aromatic heterocycles. The molecule has 0 spiro atoms. The van der Waals surface area contributed by atoms with Gasteiger partial charge in [0.25, 0.3) is 0 Å². The van der Waals surface area contributed by atoms with Crippen LogP contribution < -0.4 is 5.32 Å². The minimum absolute atomic E-state index is 0.397. The van der Waals surface area contributed by atoms with Gasteiger partial charge < -0.3 is 10.2 Å². The predicted molar refractivity (Wildman–Crippen MR) is 79.1 cm³/mol. The van der Waals surface area contributed by atoms with E-state index in [1.165, 1.54) is 51.4 Å². The lowest BCUT2D eigenvalue weighted by Crippen LogP contribution is -2.37. The molecule has 3 nitrogen and oxygen atoms in total. The number of amides is 1. The summed E-state index contributed by atoms with van der Waals surface area (Å²) in [5, 5.41) is 3.12. The second-order valence-corrected chi connectivity index (χ2v) is 6.33. The molecule has 0 radical (unpaired) electrons. The summed E-state index contributed by atoms with van der Waals surface area (Å²) in [6.45, 7) is 1.96. The Balaban J connectivity index is 1.77. The Morgan fingerprint density at radius 2 is 1.95 bits per heavy atom. The molecule has 0 aromatic carbocycles. The van der Waals surface area contributed by atoms with E-state index in [9.17, 15) is 4.79 Å². The predicted octanol–water partition coefficient (Wildman–Crippen LogP) is 2.95. The van der Waals surface area contributed by atoms with Gasteiger partial charge in [0.1, 0.15) is 0 Å². The molecular formula is C16H30N2O. The highest BCUT2D eigenvalue weighted by atomic mass is 16.2. The quantitative estimate of drug-likeness (QED) is 0.750. The lowest BCUT2D eigenvalue weighted by atomic mass is 9.84. The van der Waals surface area contributed by atoms with Gasteiger partial charge in [-0.05, 0) is 45.2 Å². The van der Waals surface area contributed by atoms with Crippen LogP contribution >= 0.6 is 0 Å². The number of nitrogens with zero attached hydrogens (tertiary/aromatic N) is 1. The van der Waals surface area contributed by atoms with Gasteiger partial charge in [-0.2, -0.15) is 0 Å². The summed E-state index contributed by atoms with van der Waals surface area (Å²) in [4.78, 5) is 14.5. The molecule has 1 heterocycles. The first-order chi connectivity index (χ1) is 9.31. The van der Waals surface area contributed by atoms with E-state index in [2.05, 4.69) is 10.2 Å². The third-order valence-electron chi connectivity index (χ3n) is 4.85. The van der Waals surface area contributed by atoms with Crippen LogP contribution in [-0.4, -0.2) is 37.0 Å². The first kappa shape index (κ1) is 14.8. The minimum Gasteiger partial charge on any atom is -0.340 e. The van der Waals surface area contributed by atoms with Gasteiger partial charge in [0.2, 0.25) is 5.91 Å². The van der Waals surface area contributed by atoms with Crippen LogP contribution in [0, 0.1) is 5.92 Å². The molecule has 1 N–H and O–H groups in total. The molecular weight excluding hydrogens is 236 g/mol. The fourth-order valence-corrected chi connectivity index (χ4v) is 3.78. The molecule has 0 bridgehead atoms. The van der Waals surface area contributed by atoms with Crippen molar-refractivity contribution in [3.05, 3.63) is 0 Å². The Bertz CT molecular complexity index is 274. The number of carbonyl (C=O) groups is 1. The van der Waals surface area contributed by atoms with Crippen LogP contribution in [0.5, 0.6) is 0 Å². The largest absolute Gasteiger partial charge is 0.340 e. The second-order valence-electron chi connectivity index (χ2n) is 6.33. The Kier molecular flexibility index (Phi) is 6.15. The molecule has 0 aromatic rings. The van der Waals surface area contributed by atoms with Crippen LogP contribution in [-0.2, 0) is 4.79 Å². The zero-order valence-electron chi connectivity index (χ0n) is 12.5. The van der Waals surface area contributed by atoms with E-state index in [1.54, 1.807) is 0 Å². The van der Waals surface area contributed by atoms with E-state index in [-0.39, 0.29) is 0 Å². The number of hydrogen-bond donors (Lipinski definition) is 1. The minimum atomic E-state index is 0.397. The number of nitrogens with one attached hydrogen (secondary N) is 1. The highest BCUT2D eigenvalue weighted by molar-refractivity contribution is 5.76. The van der Waals surface area contributed by atoms with Crippen LogP contribution in [0.4, 0.5) is 0 Å². The van der Waals surface area contributed by atoms with Crippen molar-refractivity contribution in [3.63, 3.8) is 0 Å². The molecule has 1 saturated carbocycles. The maximum absolute atomic E-state index is 12.3. The molecule has 1 amide bonds. The van der Waals surface area contributed by atoms with Gasteiger partial charge in [-0.25, -0.2) is 0 Å². The van der Waals surface area contributed by atoms with Gasteiger partial charge in [0.05, 0.1) is 0 Å². The fourth-order valence-electron chi connectivity index (χ4n) is 3.78. The van der Waals surface area contributed by atoms with Crippen molar-refractivity contribution in [3.8, 4) is 0 Å². The van der Waals surface area contributed by atoms with Crippen molar-refractivity contribution in [2.24, 2.45) is 5.92 Å². The van der Waals surface area contributed by atoms with Crippen LogP contribution in [0.15, 0.2) is 0 Å². The molecule has 1 unspecified atom stereocenters. The molecule has 2 rings (SSSR count). The van der Waals surface area contributed by atoms with E-state index in [4.69, 9.17) is 0 Å². The Labute approximate surface area is 118 Å². The van der Waals surface area contributed by atoms with Crippen LogP contribution in [0.1, 0.15) is 64.2 Å². The zero-order chi connectivity index (χ0) is 13.5. The molecule has 1 aliphatic carbocycles. The molecule has 2 fully saturated rings. The maximum Gasteiger partial charge on any atom is 0.222 e. The zero-order valence-corrected chi connectivity index (χ0v) is 12.5. The first-order valence-electron chi connectivity index (χ1n) is 8.25. The lowest BCUT2D eigenvalue weighted by molar-refractivity contribution is -0.132. The van der Waals surface area contributed by atoms with Crippen LogP contribution in [0.3, 0.4) is 0 Å². The summed E-state index contributed by atoms with van der Waals surface area (Å²) in [5.74, 6) is 1.29. The van der Waals surface area contributed by atoms with E-state index in [1.807, 2.05) is 7.05 Å². The van der Waals surface area contributed by atoms with Crippen molar-refractivity contribution < 1.29 is 4.79 Å². The molecule has 1 saturated heterocycles. The maximum atomic E-state index is 12.3. The first-order valence-corrected chi connectivity index (χ1v) is 8.25. The van der Waals surface area contributed by atoms with Gasteiger partial charge >= 0.3 is 0 Å². The van der Waals surface area contributed by atoms with E-state index < -0.39 is 0 Å². The van der Waals surface area contributed by atoms with Gasteiger partial charge in [0.15, 0.2) is 0 Å². The number of hydrogen-bond acceptors (Lipinski definition) is 2. The molecule has 110 valence electrons. The molecule has 1 aliphatic heterocycles. The monoisotopic (exact) mass is 266 g/mol. The van der Waals surface area contributed by atoms with Crippen molar-refractivity contribution >= 4 is 5.91 Å². The molecule has 1 atom stereocenters. The van der Waals surface area contributed by atoms with Crippen molar-refractivity contribution in [2.75, 3.05) is 20.1 Å². The highest BCUT2D eigenvalue weighted by Crippen LogP contribution is 2.32. The summed E-state index contributed by atoms with van der Waals surface area (Å²) in [6, 6.07) is 0.560.